The molecule has 1 saturated heterocycles. The van der Waals surface area contributed by atoms with Crippen molar-refractivity contribution in [3.8, 4) is 0 Å². The average molecular weight is 409 g/mol. The van der Waals surface area contributed by atoms with Crippen molar-refractivity contribution in [3.05, 3.63) is 54.1 Å². The minimum Gasteiger partial charge on any atom is -0.455 e. The Balaban J connectivity index is 1.49. The summed E-state index contributed by atoms with van der Waals surface area (Å²) in [5.41, 5.74) is 2.84. The number of anilines is 3. The number of aryl methyl sites for hydroxylation is 1. The molecule has 2 aromatic rings. The van der Waals surface area contributed by atoms with E-state index >= 15 is 0 Å². The fraction of sp³-hybridized carbons (Fsp3) is 0.273. The van der Waals surface area contributed by atoms with Crippen molar-refractivity contribution in [1.82, 2.24) is 0 Å². The molecule has 156 valence electrons. The largest absolute Gasteiger partial charge is 0.455 e. The maximum Gasteiger partial charge on any atom is 0.311 e. The summed E-state index contributed by atoms with van der Waals surface area (Å²) in [4.78, 5) is 49.3. The molecule has 3 rings (SSSR count). The SMILES string of the molecule is CC(=O)Nc1ccc(NC(=O)COC(=O)[C@H]2CC(=O)N(c3ccccc3C)C2)cc1. The van der Waals surface area contributed by atoms with Crippen LogP contribution in [0.2, 0.25) is 0 Å². The summed E-state index contributed by atoms with van der Waals surface area (Å²) in [7, 11) is 0. The van der Waals surface area contributed by atoms with Crippen LogP contribution < -0.4 is 15.5 Å². The number of rotatable bonds is 6. The molecule has 0 bridgehead atoms. The highest BCUT2D eigenvalue weighted by Gasteiger charge is 2.36. The average Bonchev–Trinajstić information content (AvgIpc) is 3.09. The Bertz CT molecular complexity index is 971. The monoisotopic (exact) mass is 409 g/mol. The van der Waals surface area contributed by atoms with Crippen molar-refractivity contribution in [1.29, 1.82) is 0 Å². The van der Waals surface area contributed by atoms with Crippen LogP contribution in [0.5, 0.6) is 0 Å². The molecule has 0 saturated carbocycles. The zero-order chi connectivity index (χ0) is 21.7. The van der Waals surface area contributed by atoms with Gasteiger partial charge in [0.2, 0.25) is 11.8 Å². The minimum absolute atomic E-state index is 0.0550. The number of benzene rings is 2. The number of esters is 1. The van der Waals surface area contributed by atoms with Crippen LogP contribution in [0.15, 0.2) is 48.5 Å². The van der Waals surface area contributed by atoms with Gasteiger partial charge in [0.1, 0.15) is 0 Å². The molecular weight excluding hydrogens is 386 g/mol. The van der Waals surface area contributed by atoms with Gasteiger partial charge in [-0.3, -0.25) is 19.2 Å². The van der Waals surface area contributed by atoms with Gasteiger partial charge in [0, 0.05) is 37.0 Å². The molecule has 1 aliphatic heterocycles. The summed E-state index contributed by atoms with van der Waals surface area (Å²) in [6.07, 6.45) is 0.0550. The lowest BCUT2D eigenvalue weighted by atomic mass is 10.1. The maximum absolute atomic E-state index is 12.3. The predicted molar refractivity (Wildman–Crippen MR) is 112 cm³/mol. The van der Waals surface area contributed by atoms with Gasteiger partial charge in [0.15, 0.2) is 6.61 Å². The molecule has 1 heterocycles. The van der Waals surface area contributed by atoms with E-state index in [1.54, 1.807) is 29.2 Å². The second-order valence-corrected chi connectivity index (χ2v) is 7.11. The van der Waals surface area contributed by atoms with Crippen LogP contribution in [-0.4, -0.2) is 36.8 Å². The molecule has 1 fully saturated rings. The number of para-hydroxylation sites is 1. The lowest BCUT2D eigenvalue weighted by Crippen LogP contribution is -2.28. The Hall–Kier alpha value is -3.68. The first-order valence-corrected chi connectivity index (χ1v) is 9.53. The molecule has 0 aromatic heterocycles. The molecule has 0 spiro atoms. The number of hydrogen-bond acceptors (Lipinski definition) is 5. The van der Waals surface area contributed by atoms with Gasteiger partial charge in [-0.2, -0.15) is 0 Å². The van der Waals surface area contributed by atoms with E-state index in [4.69, 9.17) is 4.74 Å². The Morgan fingerprint density at radius 1 is 1.03 bits per heavy atom. The lowest BCUT2D eigenvalue weighted by molar-refractivity contribution is -0.151. The predicted octanol–water partition coefficient (Wildman–Crippen LogP) is 2.49. The highest BCUT2D eigenvalue weighted by Crippen LogP contribution is 2.28. The van der Waals surface area contributed by atoms with Crippen molar-refractivity contribution in [2.24, 2.45) is 5.92 Å². The van der Waals surface area contributed by atoms with Gasteiger partial charge >= 0.3 is 5.97 Å². The highest BCUT2D eigenvalue weighted by molar-refractivity contribution is 6.00. The highest BCUT2D eigenvalue weighted by atomic mass is 16.5. The molecule has 0 radical (unpaired) electrons. The van der Waals surface area contributed by atoms with Crippen LogP contribution in [-0.2, 0) is 23.9 Å². The normalized spacial score (nSPS) is 15.6. The summed E-state index contributed by atoms with van der Waals surface area (Å²) in [6.45, 7) is 3.10. The smallest absolute Gasteiger partial charge is 0.311 e. The van der Waals surface area contributed by atoms with E-state index in [-0.39, 0.29) is 24.8 Å². The van der Waals surface area contributed by atoms with Gasteiger partial charge in [-0.1, -0.05) is 18.2 Å². The van der Waals surface area contributed by atoms with Crippen molar-refractivity contribution in [3.63, 3.8) is 0 Å². The molecular formula is C22H23N3O5. The van der Waals surface area contributed by atoms with E-state index < -0.39 is 24.4 Å². The summed E-state index contributed by atoms with van der Waals surface area (Å²) >= 11 is 0. The van der Waals surface area contributed by atoms with Crippen LogP contribution in [0.4, 0.5) is 17.1 Å². The van der Waals surface area contributed by atoms with Gasteiger partial charge in [-0.05, 0) is 42.8 Å². The van der Waals surface area contributed by atoms with Gasteiger partial charge < -0.3 is 20.3 Å². The number of ether oxygens (including phenoxy) is 1. The Kier molecular flexibility index (Phi) is 6.46. The Morgan fingerprint density at radius 3 is 2.30 bits per heavy atom. The number of nitrogens with zero attached hydrogens (tertiary/aromatic N) is 1. The van der Waals surface area contributed by atoms with Crippen molar-refractivity contribution in [2.45, 2.75) is 20.3 Å². The number of carbonyl (C=O) groups excluding carboxylic acids is 4. The Labute approximate surface area is 174 Å². The molecule has 0 aliphatic carbocycles. The molecule has 0 unspecified atom stereocenters. The summed E-state index contributed by atoms with van der Waals surface area (Å²) in [5.74, 6) is -2.01. The van der Waals surface area contributed by atoms with Gasteiger partial charge in [0.25, 0.3) is 5.91 Å². The Morgan fingerprint density at radius 2 is 1.67 bits per heavy atom. The van der Waals surface area contributed by atoms with E-state index in [1.807, 2.05) is 31.2 Å². The van der Waals surface area contributed by atoms with Crippen molar-refractivity contribution >= 4 is 40.8 Å². The third-order valence-corrected chi connectivity index (χ3v) is 4.70. The zero-order valence-electron chi connectivity index (χ0n) is 16.8. The minimum atomic E-state index is -0.609. The molecule has 1 atom stereocenters. The first kappa shape index (κ1) is 21.0. The van der Waals surface area contributed by atoms with Gasteiger partial charge in [-0.15, -0.1) is 0 Å². The molecule has 8 nitrogen and oxygen atoms in total. The third-order valence-electron chi connectivity index (χ3n) is 4.70. The zero-order valence-corrected chi connectivity index (χ0v) is 16.8. The fourth-order valence-electron chi connectivity index (χ4n) is 3.26. The van der Waals surface area contributed by atoms with E-state index in [0.29, 0.717) is 11.4 Å². The van der Waals surface area contributed by atoms with Crippen LogP contribution >= 0.6 is 0 Å². The molecule has 8 heteroatoms. The lowest BCUT2D eigenvalue weighted by Gasteiger charge is -2.18. The molecule has 30 heavy (non-hydrogen) atoms. The van der Waals surface area contributed by atoms with Crippen LogP contribution in [0.3, 0.4) is 0 Å². The van der Waals surface area contributed by atoms with E-state index in [0.717, 1.165) is 11.3 Å². The number of nitrogens with one attached hydrogen (secondary N) is 2. The second-order valence-electron chi connectivity index (χ2n) is 7.11. The maximum atomic E-state index is 12.3. The molecule has 1 aliphatic rings. The number of carbonyl (C=O) groups is 4. The summed E-state index contributed by atoms with van der Waals surface area (Å²) < 4.78 is 5.11. The van der Waals surface area contributed by atoms with E-state index in [1.165, 1.54) is 6.92 Å². The topological polar surface area (TPSA) is 105 Å². The molecule has 2 N–H and O–H groups in total. The third kappa shape index (κ3) is 5.22. The standard InChI is InChI=1S/C22H23N3O5/c1-14-5-3-4-6-19(14)25-12-16(11-21(25)28)22(29)30-13-20(27)24-18-9-7-17(8-10-18)23-15(2)26/h3-10,16H,11-13H2,1-2H3,(H,23,26)(H,24,27)/t16-/m0/s1. The van der Waals surface area contributed by atoms with Crippen molar-refractivity contribution < 1.29 is 23.9 Å². The van der Waals surface area contributed by atoms with E-state index in [9.17, 15) is 19.2 Å². The first-order chi connectivity index (χ1) is 14.3. The van der Waals surface area contributed by atoms with Crippen molar-refractivity contribution in [2.75, 3.05) is 28.7 Å². The first-order valence-electron chi connectivity index (χ1n) is 9.53. The molecule has 3 amide bonds. The second kappa shape index (κ2) is 9.21. The summed E-state index contributed by atoms with van der Waals surface area (Å²) in [6, 6.07) is 14.0. The van der Waals surface area contributed by atoms with Gasteiger partial charge in [0.05, 0.1) is 5.92 Å². The number of amides is 3. The van der Waals surface area contributed by atoms with Gasteiger partial charge in [-0.25, -0.2) is 0 Å². The van der Waals surface area contributed by atoms with E-state index in [2.05, 4.69) is 10.6 Å². The number of hydrogen-bond donors (Lipinski definition) is 2. The van der Waals surface area contributed by atoms with Crippen LogP contribution in [0.1, 0.15) is 18.9 Å². The molecule has 2 aromatic carbocycles. The quantitative estimate of drug-likeness (QED) is 0.714. The van der Waals surface area contributed by atoms with Crippen LogP contribution in [0.25, 0.3) is 0 Å². The fourth-order valence-corrected chi connectivity index (χ4v) is 3.26. The summed E-state index contributed by atoms with van der Waals surface area (Å²) in [5, 5.41) is 5.24. The van der Waals surface area contributed by atoms with Crippen LogP contribution in [0, 0.1) is 12.8 Å².